The minimum Gasteiger partial charge on any atom is -0.507 e. The number of phenols is 1. The molecular weight excluding hydrogens is 570 g/mol. The number of hydrogen-bond acceptors (Lipinski definition) is 4. The van der Waals surface area contributed by atoms with Crippen molar-refractivity contribution < 1.29 is 20.1 Å². The molecular formula is C41H53NO4. The topological polar surface area (TPSA) is 74.9 Å². The number of allylic oxidation sites excluding steroid dienone is 1. The van der Waals surface area contributed by atoms with Crippen molar-refractivity contribution in [1.82, 2.24) is 4.57 Å². The molecule has 2 unspecified atom stereocenters. The monoisotopic (exact) mass is 623 g/mol. The van der Waals surface area contributed by atoms with Crippen molar-refractivity contribution in [2.24, 2.45) is 22.7 Å². The minimum atomic E-state index is -0.812. The molecule has 46 heavy (non-hydrogen) atoms. The van der Waals surface area contributed by atoms with Gasteiger partial charge in [0.2, 0.25) is 0 Å². The van der Waals surface area contributed by atoms with Gasteiger partial charge in [0.15, 0.2) is 0 Å². The van der Waals surface area contributed by atoms with Gasteiger partial charge in [0, 0.05) is 44.8 Å². The third-order valence-corrected chi connectivity index (χ3v) is 14.2. The molecule has 8 rings (SSSR count). The standard InChI is InChI=1S/C41H53NO4/c1-11-15-39(8)27-13-12-24-19-26-25-18-22-17-23-20-37(4,5)46-38(6,7)31(23)34(44)29(22)30-33(25)42(32(21(2)3)35(30)45)36(26)41(24,10)40(27,9)16-14-28(39)43/h11,15,17-18,24,27-28,32,35,43-45H,2,12-14,16,19-20H2,1,3-10H3/t24?,27-,28-,32-,35?,39-,40-,41+/m0/s1. The lowest BCUT2D eigenvalue weighted by Gasteiger charge is -2.64. The van der Waals surface area contributed by atoms with Gasteiger partial charge in [-0.3, -0.25) is 0 Å². The maximum atomic E-state index is 12.4. The Kier molecular flexibility index (Phi) is 6.07. The summed E-state index contributed by atoms with van der Waals surface area (Å²) in [5.74, 6) is 1.08. The molecule has 5 aliphatic rings. The van der Waals surface area contributed by atoms with Gasteiger partial charge in [0.1, 0.15) is 11.9 Å². The molecule has 0 saturated heterocycles. The van der Waals surface area contributed by atoms with E-state index in [4.69, 9.17) is 4.74 Å². The van der Waals surface area contributed by atoms with Crippen molar-refractivity contribution in [3.8, 4) is 5.75 Å². The van der Waals surface area contributed by atoms with Crippen LogP contribution >= 0.6 is 0 Å². The van der Waals surface area contributed by atoms with Crippen molar-refractivity contribution >= 4 is 21.7 Å². The number of nitrogens with zero attached hydrogens (tertiary/aromatic N) is 1. The Hall–Kier alpha value is -2.60. The normalized spacial score (nSPS) is 38.6. The Balaban J connectivity index is 1.45. The number of aliphatic hydroxyl groups excluding tert-OH is 2. The number of aliphatic hydroxyl groups is 2. The van der Waals surface area contributed by atoms with Crippen LogP contribution in [0.1, 0.15) is 128 Å². The largest absolute Gasteiger partial charge is 0.507 e. The average molecular weight is 624 g/mol. The van der Waals surface area contributed by atoms with Crippen LogP contribution in [-0.4, -0.2) is 31.6 Å². The molecule has 2 aromatic carbocycles. The lowest BCUT2D eigenvalue weighted by Crippen LogP contribution is -2.62. The van der Waals surface area contributed by atoms with Crippen LogP contribution in [0.2, 0.25) is 0 Å². The molecule has 246 valence electrons. The molecule has 5 heteroatoms. The Bertz CT molecular complexity index is 1890. The molecule has 0 bridgehead atoms. The number of aromatic nitrogens is 1. The molecule has 3 N–H and O–H groups in total. The van der Waals surface area contributed by atoms with Crippen molar-refractivity contribution in [2.45, 2.75) is 136 Å². The van der Waals surface area contributed by atoms with Crippen LogP contribution < -0.4 is 0 Å². The fourth-order valence-corrected chi connectivity index (χ4v) is 12.5. The third kappa shape index (κ3) is 3.43. The first-order valence-electron chi connectivity index (χ1n) is 17.7. The van der Waals surface area contributed by atoms with E-state index in [0.29, 0.717) is 11.8 Å². The summed E-state index contributed by atoms with van der Waals surface area (Å²) in [5.41, 5.74) is 6.11. The van der Waals surface area contributed by atoms with E-state index >= 15 is 0 Å². The molecule has 2 saturated carbocycles. The zero-order chi connectivity index (χ0) is 33.1. The summed E-state index contributed by atoms with van der Waals surface area (Å²) in [6.07, 6.45) is 9.03. The van der Waals surface area contributed by atoms with Gasteiger partial charge in [-0.05, 0) is 113 Å². The summed E-state index contributed by atoms with van der Waals surface area (Å²) in [4.78, 5) is 0. The summed E-state index contributed by atoms with van der Waals surface area (Å²) in [6.45, 7) is 24.2. The van der Waals surface area contributed by atoms with Crippen molar-refractivity contribution in [2.75, 3.05) is 0 Å². The van der Waals surface area contributed by atoms with Gasteiger partial charge >= 0.3 is 0 Å². The Morgan fingerprint density at radius 3 is 2.43 bits per heavy atom. The fraction of sp³-hybridized carbons (Fsp3) is 0.610. The highest BCUT2D eigenvalue weighted by Gasteiger charge is 2.67. The molecule has 5 nitrogen and oxygen atoms in total. The highest BCUT2D eigenvalue weighted by atomic mass is 16.5. The van der Waals surface area contributed by atoms with Gasteiger partial charge < -0.3 is 24.6 Å². The second-order valence-corrected chi connectivity index (χ2v) is 17.6. The molecule has 0 amide bonds. The van der Waals surface area contributed by atoms with Crippen molar-refractivity contribution in [3.05, 3.63) is 64.4 Å². The lowest BCUT2D eigenvalue weighted by atomic mass is 9.40. The van der Waals surface area contributed by atoms with Gasteiger partial charge in [0.25, 0.3) is 0 Å². The van der Waals surface area contributed by atoms with Gasteiger partial charge in [-0.2, -0.15) is 0 Å². The van der Waals surface area contributed by atoms with Crippen LogP contribution in [0.15, 0.2) is 36.4 Å². The Morgan fingerprint density at radius 2 is 1.76 bits per heavy atom. The smallest absolute Gasteiger partial charge is 0.130 e. The molecule has 0 radical (unpaired) electrons. The van der Waals surface area contributed by atoms with Gasteiger partial charge in [-0.25, -0.2) is 0 Å². The SMILES string of the molecule is C=C(C)[C@H]1C(O)c2c3c(O)c4c(cc3cc3c5c(n1c23)[C@@]1(C)C(CC[C@H]2[C@](C)(C=CC)[C@@H](O)CC[C@@]21C)C5)CC(C)(C)OC4(C)C. The maximum Gasteiger partial charge on any atom is 0.130 e. The highest BCUT2D eigenvalue weighted by Crippen LogP contribution is 2.71. The van der Waals surface area contributed by atoms with E-state index in [9.17, 15) is 15.3 Å². The van der Waals surface area contributed by atoms with E-state index in [-0.39, 0.29) is 39.7 Å². The Labute approximate surface area is 274 Å². The summed E-state index contributed by atoms with van der Waals surface area (Å²) in [5, 5.41) is 39.0. The van der Waals surface area contributed by atoms with Crippen LogP contribution in [0, 0.1) is 22.7 Å². The average Bonchev–Trinajstić information content (AvgIpc) is 3.52. The second kappa shape index (κ2) is 9.09. The summed E-state index contributed by atoms with van der Waals surface area (Å²) in [6, 6.07) is 4.28. The maximum absolute atomic E-state index is 12.4. The number of fused-ring (bicyclic) bond motifs is 10. The Morgan fingerprint density at radius 1 is 1.04 bits per heavy atom. The quantitative estimate of drug-likeness (QED) is 0.249. The number of aromatic hydroxyl groups is 1. The van der Waals surface area contributed by atoms with E-state index in [1.807, 2.05) is 20.8 Å². The van der Waals surface area contributed by atoms with Gasteiger partial charge in [-0.1, -0.05) is 51.1 Å². The van der Waals surface area contributed by atoms with E-state index in [1.165, 1.54) is 16.6 Å². The first kappa shape index (κ1) is 30.7. The molecule has 0 spiro atoms. The minimum absolute atomic E-state index is 0.0382. The van der Waals surface area contributed by atoms with Crippen LogP contribution in [0.5, 0.6) is 5.75 Å². The molecule has 2 aliphatic heterocycles. The number of phenolic OH excluding ortho intramolecular Hbond substituents is 1. The van der Waals surface area contributed by atoms with Crippen molar-refractivity contribution in [1.29, 1.82) is 0 Å². The molecule has 3 aliphatic carbocycles. The molecule has 3 aromatic rings. The third-order valence-electron chi connectivity index (χ3n) is 14.2. The molecule has 3 heterocycles. The first-order chi connectivity index (χ1) is 21.4. The fourth-order valence-electron chi connectivity index (χ4n) is 12.5. The van der Waals surface area contributed by atoms with E-state index in [2.05, 4.69) is 77.0 Å². The zero-order valence-corrected chi connectivity index (χ0v) is 29.3. The number of benzene rings is 2. The lowest BCUT2D eigenvalue weighted by molar-refractivity contribution is -0.145. The molecule has 8 atom stereocenters. The van der Waals surface area contributed by atoms with Crippen LogP contribution in [0.4, 0.5) is 0 Å². The molecule has 1 aromatic heterocycles. The van der Waals surface area contributed by atoms with Crippen LogP contribution in [0.3, 0.4) is 0 Å². The summed E-state index contributed by atoms with van der Waals surface area (Å²) < 4.78 is 9.01. The van der Waals surface area contributed by atoms with Gasteiger partial charge in [-0.15, -0.1) is 0 Å². The van der Waals surface area contributed by atoms with E-state index in [1.54, 1.807) is 0 Å². The predicted octanol–water partition coefficient (Wildman–Crippen LogP) is 8.83. The first-order valence-corrected chi connectivity index (χ1v) is 17.7. The van der Waals surface area contributed by atoms with E-state index in [0.717, 1.165) is 77.1 Å². The van der Waals surface area contributed by atoms with Gasteiger partial charge in [0.05, 0.1) is 28.9 Å². The van der Waals surface area contributed by atoms with Crippen LogP contribution in [-0.2, 0) is 28.6 Å². The number of rotatable bonds is 2. The van der Waals surface area contributed by atoms with Crippen molar-refractivity contribution in [3.63, 3.8) is 0 Å². The summed E-state index contributed by atoms with van der Waals surface area (Å²) >= 11 is 0. The summed E-state index contributed by atoms with van der Waals surface area (Å²) in [7, 11) is 0. The molecule has 2 fully saturated rings. The zero-order valence-electron chi connectivity index (χ0n) is 29.3. The van der Waals surface area contributed by atoms with E-state index < -0.39 is 11.7 Å². The second-order valence-electron chi connectivity index (χ2n) is 17.6. The number of ether oxygens (including phenoxy) is 1. The number of hydrogen-bond donors (Lipinski definition) is 3. The highest BCUT2D eigenvalue weighted by molar-refractivity contribution is 6.08. The predicted molar refractivity (Wildman–Crippen MR) is 185 cm³/mol. The van der Waals surface area contributed by atoms with Crippen LogP contribution in [0.25, 0.3) is 21.7 Å².